The van der Waals surface area contributed by atoms with E-state index in [1.165, 1.54) is 12.5 Å². The highest BCUT2D eigenvalue weighted by Crippen LogP contribution is 2.34. The predicted octanol–water partition coefficient (Wildman–Crippen LogP) is 2.84. The number of rotatable bonds is 6. The van der Waals surface area contributed by atoms with Crippen LogP contribution >= 0.6 is 0 Å². The average molecular weight is 441 g/mol. The van der Waals surface area contributed by atoms with E-state index in [1.54, 1.807) is 30.5 Å². The Balaban J connectivity index is 1.90. The highest BCUT2D eigenvalue weighted by atomic mass is 32.2. The Morgan fingerprint density at radius 3 is 2.84 bits per heavy atom. The molecule has 31 heavy (non-hydrogen) atoms. The van der Waals surface area contributed by atoms with Gasteiger partial charge in [-0.25, -0.2) is 13.4 Å². The molecule has 3 heterocycles. The highest BCUT2D eigenvalue weighted by molar-refractivity contribution is 7.90. The lowest BCUT2D eigenvalue weighted by molar-refractivity contribution is 0.0985. The second-order valence-corrected chi connectivity index (χ2v) is 9.46. The Morgan fingerprint density at radius 1 is 1.32 bits per heavy atom. The molecule has 1 saturated heterocycles. The fraction of sp³-hybridized carbons (Fsp3) is 0.286. The van der Waals surface area contributed by atoms with Crippen LogP contribution in [-0.2, 0) is 14.6 Å². The fourth-order valence-electron chi connectivity index (χ4n) is 3.58. The minimum atomic E-state index is -3.37. The summed E-state index contributed by atoms with van der Waals surface area (Å²) < 4.78 is 29.8. The number of hydrogen-bond acceptors (Lipinski definition) is 8. The molecule has 1 aromatic carbocycles. The number of nitrogens with one attached hydrogen (secondary N) is 3. The van der Waals surface area contributed by atoms with E-state index in [1.807, 2.05) is 12.1 Å². The number of pyridine rings is 1. The van der Waals surface area contributed by atoms with Crippen LogP contribution in [0.4, 0.5) is 17.5 Å². The van der Waals surface area contributed by atoms with Gasteiger partial charge >= 0.3 is 0 Å². The smallest absolute Gasteiger partial charge is 0.175 e. The van der Waals surface area contributed by atoms with Crippen molar-refractivity contribution in [1.82, 2.24) is 15.2 Å². The number of nitrogens with zero attached hydrogens (tertiary/aromatic N) is 3. The normalized spacial score (nSPS) is 16.8. The van der Waals surface area contributed by atoms with Crippen molar-refractivity contribution >= 4 is 33.5 Å². The predicted molar refractivity (Wildman–Crippen MR) is 120 cm³/mol. The van der Waals surface area contributed by atoms with Crippen molar-refractivity contribution in [2.45, 2.75) is 17.9 Å². The quantitative estimate of drug-likeness (QED) is 0.504. The molecule has 1 aliphatic heterocycles. The molecule has 3 N–H and O–H groups in total. The zero-order valence-electron chi connectivity index (χ0n) is 17.3. The van der Waals surface area contributed by atoms with Crippen LogP contribution in [0.25, 0.3) is 11.1 Å². The summed E-state index contributed by atoms with van der Waals surface area (Å²) in [4.78, 5) is 7.17. The van der Waals surface area contributed by atoms with Gasteiger partial charge in [-0.15, -0.1) is 0 Å². The summed E-state index contributed by atoms with van der Waals surface area (Å²) >= 11 is 0. The molecule has 0 saturated carbocycles. The third-order valence-electron chi connectivity index (χ3n) is 5.18. The third-order valence-corrected chi connectivity index (χ3v) is 6.29. The third kappa shape index (κ3) is 4.44. The van der Waals surface area contributed by atoms with Crippen LogP contribution in [0, 0.1) is 5.41 Å². The van der Waals surface area contributed by atoms with Gasteiger partial charge in [0.25, 0.3) is 0 Å². The summed E-state index contributed by atoms with van der Waals surface area (Å²) in [5.74, 6) is 1.84. The molecular formula is C21H24N6O3S. The van der Waals surface area contributed by atoms with Gasteiger partial charge in [-0.2, -0.15) is 5.10 Å². The molecule has 1 fully saturated rings. The Bertz CT molecular complexity index is 1190. The Hall–Kier alpha value is -3.24. The van der Waals surface area contributed by atoms with Gasteiger partial charge in [0.2, 0.25) is 0 Å². The molecule has 1 aliphatic rings. The van der Waals surface area contributed by atoms with Gasteiger partial charge in [-0.05, 0) is 36.2 Å². The van der Waals surface area contributed by atoms with Gasteiger partial charge in [-0.1, -0.05) is 12.1 Å². The van der Waals surface area contributed by atoms with Crippen LogP contribution in [0.1, 0.15) is 12.5 Å². The monoisotopic (exact) mass is 440 g/mol. The van der Waals surface area contributed by atoms with Crippen molar-refractivity contribution in [3.8, 4) is 11.1 Å². The molecule has 3 aromatic rings. The molecule has 0 unspecified atom stereocenters. The maximum atomic E-state index is 12.1. The van der Waals surface area contributed by atoms with E-state index >= 15 is 0 Å². The average Bonchev–Trinajstić information content (AvgIpc) is 3.26. The summed E-state index contributed by atoms with van der Waals surface area (Å²) in [6.07, 6.45) is 4.03. The zero-order valence-corrected chi connectivity index (χ0v) is 18.1. The summed E-state index contributed by atoms with van der Waals surface area (Å²) in [6, 6.07) is 10.5. The largest absolute Gasteiger partial charge is 0.377 e. The lowest BCUT2D eigenvalue weighted by atomic mass is 10.0. The zero-order chi connectivity index (χ0) is 22.0. The molecule has 0 aliphatic carbocycles. The maximum Gasteiger partial charge on any atom is 0.175 e. The molecule has 0 radical (unpaired) electrons. The van der Waals surface area contributed by atoms with Crippen molar-refractivity contribution < 1.29 is 13.2 Å². The second-order valence-electron chi connectivity index (χ2n) is 7.45. The number of anilines is 3. The topological polar surface area (TPSA) is 124 Å². The van der Waals surface area contributed by atoms with Crippen LogP contribution in [0.2, 0.25) is 0 Å². The molecular weight excluding hydrogens is 416 g/mol. The van der Waals surface area contributed by atoms with Gasteiger partial charge in [0, 0.05) is 30.6 Å². The Kier molecular flexibility index (Phi) is 5.75. The molecule has 162 valence electrons. The number of aromatic nitrogens is 3. The molecule has 4 rings (SSSR count). The number of sulfone groups is 1. The number of H-pyrrole nitrogens is 1. The minimum Gasteiger partial charge on any atom is -0.377 e. The van der Waals surface area contributed by atoms with Crippen molar-refractivity contribution in [1.29, 1.82) is 5.41 Å². The molecule has 1 atom stereocenters. The summed E-state index contributed by atoms with van der Waals surface area (Å²) in [5, 5.41) is 18.0. The number of benzene rings is 1. The molecule has 9 nitrogen and oxygen atoms in total. The van der Waals surface area contributed by atoms with E-state index in [0.29, 0.717) is 48.1 Å². The van der Waals surface area contributed by atoms with Crippen LogP contribution in [-0.4, -0.2) is 61.9 Å². The summed E-state index contributed by atoms with van der Waals surface area (Å²) in [5.41, 5.74) is 1.95. The first-order chi connectivity index (χ1) is 14.9. The van der Waals surface area contributed by atoms with E-state index in [-0.39, 0.29) is 10.9 Å². The van der Waals surface area contributed by atoms with E-state index in [0.717, 1.165) is 5.82 Å². The van der Waals surface area contributed by atoms with Gasteiger partial charge in [0.1, 0.15) is 17.5 Å². The molecule has 0 bridgehead atoms. The van der Waals surface area contributed by atoms with Gasteiger partial charge in [0.15, 0.2) is 9.84 Å². The van der Waals surface area contributed by atoms with Crippen LogP contribution in [0.5, 0.6) is 0 Å². The molecule has 10 heteroatoms. The summed E-state index contributed by atoms with van der Waals surface area (Å²) in [7, 11) is -3.37. The van der Waals surface area contributed by atoms with Crippen LogP contribution in [0.3, 0.4) is 0 Å². The minimum absolute atomic E-state index is 0.127. The highest BCUT2D eigenvalue weighted by Gasteiger charge is 2.23. The molecule has 0 amide bonds. The maximum absolute atomic E-state index is 12.1. The first kappa shape index (κ1) is 21.0. The van der Waals surface area contributed by atoms with Crippen LogP contribution < -0.4 is 10.2 Å². The van der Waals surface area contributed by atoms with E-state index in [4.69, 9.17) is 15.1 Å². The molecule has 2 aromatic heterocycles. The number of hydrogen-bond donors (Lipinski definition) is 3. The van der Waals surface area contributed by atoms with E-state index in [9.17, 15) is 8.42 Å². The van der Waals surface area contributed by atoms with E-state index in [2.05, 4.69) is 27.3 Å². The second kappa shape index (κ2) is 8.48. The lowest BCUT2D eigenvalue weighted by Gasteiger charge is -2.35. The fourth-order valence-corrected chi connectivity index (χ4v) is 4.25. The number of aromatic amines is 1. The van der Waals surface area contributed by atoms with Gasteiger partial charge in [-0.3, -0.25) is 5.10 Å². The number of morpholine rings is 1. The number of ether oxygens (including phenoxy) is 1. The summed E-state index contributed by atoms with van der Waals surface area (Å²) in [6.45, 7) is 3.94. The Labute approximate surface area is 180 Å². The lowest BCUT2D eigenvalue weighted by Crippen LogP contribution is -2.44. The van der Waals surface area contributed by atoms with Crippen molar-refractivity contribution in [2.24, 2.45) is 0 Å². The Morgan fingerprint density at radius 2 is 2.16 bits per heavy atom. The van der Waals surface area contributed by atoms with Crippen molar-refractivity contribution in [3.63, 3.8) is 0 Å². The SMILES string of the molecule is C[C@@H]1COCCN1c1cc(-c2cccc(S(C)(=O)=O)c2)c(C=N)c(Nc2ccn[nH]2)n1. The van der Waals surface area contributed by atoms with Crippen molar-refractivity contribution in [3.05, 3.63) is 48.2 Å². The first-order valence-electron chi connectivity index (χ1n) is 9.83. The van der Waals surface area contributed by atoms with Gasteiger partial charge in [0.05, 0.1) is 30.3 Å². The molecule has 0 spiro atoms. The van der Waals surface area contributed by atoms with Crippen molar-refractivity contribution in [2.75, 3.05) is 36.2 Å². The van der Waals surface area contributed by atoms with E-state index < -0.39 is 9.84 Å². The first-order valence-corrected chi connectivity index (χ1v) is 11.7. The van der Waals surface area contributed by atoms with Gasteiger partial charge < -0.3 is 20.4 Å². The van der Waals surface area contributed by atoms with Crippen LogP contribution in [0.15, 0.2) is 47.5 Å². The standard InChI is InChI=1S/C21H24N6O3S/c1-14-13-30-9-8-27(14)20-11-17(15-4-3-5-16(10-15)31(2,28)29)18(12-22)21(25-20)24-19-6-7-23-26-19/h3-7,10-12,14,22H,8-9,13H2,1-2H3,(H2,23,24,25,26)/t14-/m1/s1.